The molecule has 1 fully saturated rings. The number of nitrogens with zero attached hydrogens (tertiary/aromatic N) is 4. The highest BCUT2D eigenvalue weighted by Gasteiger charge is 2.36. The topological polar surface area (TPSA) is 108 Å². The molecule has 3 aromatic rings. The lowest BCUT2D eigenvalue weighted by molar-refractivity contribution is 0.00564. The standard InChI is InChI=1S/C31H39F2N5O6/c1-18-15-37(16-19(2)38(18)30(39)44-31(3,4)5)23-10-9-20(11-24(23)40-6)36-29-34-13-21(14-35-29)43-17-22-27(32)25(41-7)12-26(42-8)28(22)33/h9-14,18-19H,15-17H2,1-8H3,(H,34,35,36)/t18-,19+. The summed E-state index contributed by atoms with van der Waals surface area (Å²) in [5, 5.41) is 3.12. The SMILES string of the molecule is COc1cc(Nc2ncc(OCc3c(F)c(OC)cc(OC)c3F)cn2)ccc1N1C[C@@H](C)N(C(=O)OC(C)(C)C)[C@@H](C)C1. The monoisotopic (exact) mass is 615 g/mol. The zero-order chi connectivity index (χ0) is 32.2. The highest BCUT2D eigenvalue weighted by molar-refractivity contribution is 5.71. The van der Waals surface area contributed by atoms with Crippen LogP contribution < -0.4 is 29.2 Å². The molecule has 44 heavy (non-hydrogen) atoms. The number of halogens is 2. The number of nitrogens with one attached hydrogen (secondary N) is 1. The van der Waals surface area contributed by atoms with Crippen LogP contribution in [0.4, 0.5) is 30.9 Å². The Kier molecular flexibility index (Phi) is 9.85. The molecule has 2 heterocycles. The molecule has 1 aliphatic rings. The second-order valence-corrected chi connectivity index (χ2v) is 11.4. The summed E-state index contributed by atoms with van der Waals surface area (Å²) in [5.74, 6) is -0.957. The van der Waals surface area contributed by atoms with Gasteiger partial charge >= 0.3 is 6.09 Å². The Balaban J connectivity index is 1.41. The zero-order valence-corrected chi connectivity index (χ0v) is 26.2. The van der Waals surface area contributed by atoms with Crippen molar-refractivity contribution < 1.29 is 37.3 Å². The molecule has 0 bridgehead atoms. The van der Waals surface area contributed by atoms with Crippen molar-refractivity contribution in [2.24, 2.45) is 0 Å². The third-order valence-corrected chi connectivity index (χ3v) is 6.98. The molecule has 1 aromatic heterocycles. The van der Waals surface area contributed by atoms with Crippen LogP contribution in [0.15, 0.2) is 36.7 Å². The van der Waals surface area contributed by atoms with Crippen LogP contribution in [0.5, 0.6) is 23.0 Å². The largest absolute Gasteiger partial charge is 0.495 e. The van der Waals surface area contributed by atoms with E-state index >= 15 is 0 Å². The number of rotatable bonds is 9. The lowest BCUT2D eigenvalue weighted by Crippen LogP contribution is -2.59. The van der Waals surface area contributed by atoms with E-state index in [0.717, 1.165) is 11.8 Å². The average molecular weight is 616 g/mol. The van der Waals surface area contributed by atoms with Crippen LogP contribution in [-0.4, -0.2) is 73.1 Å². The highest BCUT2D eigenvalue weighted by atomic mass is 19.1. The van der Waals surface area contributed by atoms with E-state index in [1.807, 2.05) is 52.8 Å². The zero-order valence-electron chi connectivity index (χ0n) is 26.2. The van der Waals surface area contributed by atoms with Gasteiger partial charge in [-0.05, 0) is 46.8 Å². The molecular weight excluding hydrogens is 576 g/mol. The van der Waals surface area contributed by atoms with Crippen molar-refractivity contribution in [1.82, 2.24) is 14.9 Å². The molecule has 1 saturated heterocycles. The van der Waals surface area contributed by atoms with E-state index in [0.29, 0.717) is 24.5 Å². The molecule has 0 spiro atoms. The van der Waals surface area contributed by atoms with Crippen LogP contribution in [0, 0.1) is 11.6 Å². The first kappa shape index (κ1) is 32.4. The van der Waals surface area contributed by atoms with Gasteiger partial charge in [-0.15, -0.1) is 0 Å². The van der Waals surface area contributed by atoms with E-state index in [1.54, 1.807) is 12.0 Å². The average Bonchev–Trinajstić information content (AvgIpc) is 2.96. The number of hydrogen-bond acceptors (Lipinski definition) is 10. The fourth-order valence-corrected chi connectivity index (χ4v) is 5.01. The van der Waals surface area contributed by atoms with Gasteiger partial charge in [0.25, 0.3) is 0 Å². The van der Waals surface area contributed by atoms with Crippen molar-refractivity contribution in [2.45, 2.75) is 58.9 Å². The quantitative estimate of drug-likeness (QED) is 0.311. The number of methoxy groups -OCH3 is 3. The minimum atomic E-state index is -0.878. The van der Waals surface area contributed by atoms with Gasteiger partial charge in [0.1, 0.15) is 18.0 Å². The number of piperazine rings is 1. The number of benzene rings is 2. The summed E-state index contributed by atoms with van der Waals surface area (Å²) in [6.07, 6.45) is 2.46. The normalized spacial score (nSPS) is 16.8. The molecule has 11 nitrogen and oxygen atoms in total. The minimum absolute atomic E-state index is 0.0795. The fraction of sp³-hybridized carbons (Fsp3) is 0.452. The highest BCUT2D eigenvalue weighted by Crippen LogP contribution is 2.35. The lowest BCUT2D eigenvalue weighted by Gasteiger charge is -2.45. The fourth-order valence-electron chi connectivity index (χ4n) is 5.01. The summed E-state index contributed by atoms with van der Waals surface area (Å²) >= 11 is 0. The Hall–Kier alpha value is -4.55. The van der Waals surface area contributed by atoms with Crippen molar-refractivity contribution in [3.05, 3.63) is 53.9 Å². The van der Waals surface area contributed by atoms with Crippen LogP contribution in [0.1, 0.15) is 40.2 Å². The van der Waals surface area contributed by atoms with E-state index in [2.05, 4.69) is 20.2 Å². The van der Waals surface area contributed by atoms with Crippen molar-refractivity contribution >= 4 is 23.4 Å². The van der Waals surface area contributed by atoms with Crippen molar-refractivity contribution in [3.8, 4) is 23.0 Å². The van der Waals surface area contributed by atoms with Crippen molar-refractivity contribution in [1.29, 1.82) is 0 Å². The third kappa shape index (κ3) is 7.32. The van der Waals surface area contributed by atoms with Gasteiger partial charge in [-0.25, -0.2) is 23.5 Å². The molecule has 0 aliphatic carbocycles. The minimum Gasteiger partial charge on any atom is -0.495 e. The Bertz CT molecular complexity index is 1430. The molecule has 238 valence electrons. The summed E-state index contributed by atoms with van der Waals surface area (Å²) in [4.78, 5) is 25.3. The number of hydrogen-bond donors (Lipinski definition) is 1. The molecular formula is C31H39F2N5O6. The predicted octanol–water partition coefficient (Wildman–Crippen LogP) is 5.94. The van der Waals surface area contributed by atoms with Crippen LogP contribution in [-0.2, 0) is 11.3 Å². The maximum absolute atomic E-state index is 14.6. The van der Waals surface area contributed by atoms with Gasteiger partial charge < -0.3 is 33.9 Å². The predicted molar refractivity (Wildman–Crippen MR) is 161 cm³/mol. The lowest BCUT2D eigenvalue weighted by atomic mass is 10.1. The van der Waals surface area contributed by atoms with Crippen LogP contribution in [0.3, 0.4) is 0 Å². The second kappa shape index (κ2) is 13.4. The first-order chi connectivity index (χ1) is 20.8. The number of carbonyl (C=O) groups excluding carboxylic acids is 1. The molecule has 2 aromatic carbocycles. The van der Waals surface area contributed by atoms with Gasteiger partial charge in [0, 0.05) is 30.9 Å². The first-order valence-electron chi connectivity index (χ1n) is 14.1. The van der Waals surface area contributed by atoms with Gasteiger partial charge in [-0.1, -0.05) is 0 Å². The smallest absolute Gasteiger partial charge is 0.410 e. The third-order valence-electron chi connectivity index (χ3n) is 6.98. The van der Waals surface area contributed by atoms with Gasteiger partial charge in [0.05, 0.1) is 57.1 Å². The maximum Gasteiger partial charge on any atom is 0.410 e. The molecule has 4 rings (SSSR count). The summed E-state index contributed by atoms with van der Waals surface area (Å²) in [5.41, 5.74) is 0.658. The first-order valence-corrected chi connectivity index (χ1v) is 14.1. The van der Waals surface area contributed by atoms with Gasteiger partial charge in [-0.2, -0.15) is 0 Å². The van der Waals surface area contributed by atoms with E-state index in [9.17, 15) is 13.6 Å². The summed E-state index contributed by atoms with van der Waals surface area (Å²) < 4.78 is 56.1. The molecule has 0 saturated carbocycles. The van der Waals surface area contributed by atoms with Crippen LogP contribution in [0.25, 0.3) is 0 Å². The van der Waals surface area contributed by atoms with Gasteiger partial charge in [0.15, 0.2) is 28.9 Å². The second-order valence-electron chi connectivity index (χ2n) is 11.4. The van der Waals surface area contributed by atoms with E-state index in [4.69, 9.17) is 23.7 Å². The number of ether oxygens (including phenoxy) is 5. The summed E-state index contributed by atoms with van der Waals surface area (Å²) in [6, 6.07) is 6.62. The maximum atomic E-state index is 14.6. The Morgan fingerprint density at radius 2 is 1.50 bits per heavy atom. The number of anilines is 3. The molecule has 1 N–H and O–H groups in total. The summed E-state index contributed by atoms with van der Waals surface area (Å²) in [7, 11) is 4.15. The molecule has 0 radical (unpaired) electrons. The Labute approximate surface area is 256 Å². The Morgan fingerprint density at radius 3 is 2.02 bits per heavy atom. The number of amides is 1. The molecule has 2 atom stereocenters. The van der Waals surface area contributed by atoms with Gasteiger partial charge in [0.2, 0.25) is 5.95 Å². The van der Waals surface area contributed by atoms with E-state index in [-0.39, 0.29) is 46.9 Å². The summed E-state index contributed by atoms with van der Waals surface area (Å²) in [6.45, 7) is 10.4. The molecule has 1 aliphatic heterocycles. The van der Waals surface area contributed by atoms with Gasteiger partial charge in [-0.3, -0.25) is 4.90 Å². The van der Waals surface area contributed by atoms with E-state index in [1.165, 1.54) is 26.6 Å². The molecule has 1 amide bonds. The Morgan fingerprint density at radius 1 is 0.932 bits per heavy atom. The molecule has 0 unspecified atom stereocenters. The van der Waals surface area contributed by atoms with Crippen LogP contribution >= 0.6 is 0 Å². The van der Waals surface area contributed by atoms with E-state index < -0.39 is 23.8 Å². The number of carbonyl (C=O) groups is 1. The van der Waals surface area contributed by atoms with Crippen molar-refractivity contribution in [2.75, 3.05) is 44.6 Å². The van der Waals surface area contributed by atoms with Crippen molar-refractivity contribution in [3.63, 3.8) is 0 Å². The van der Waals surface area contributed by atoms with Crippen LogP contribution in [0.2, 0.25) is 0 Å². The number of aromatic nitrogens is 2. The molecule has 13 heteroatoms.